The zero-order valence-electron chi connectivity index (χ0n) is 9.02. The molecule has 0 atom stereocenters. The lowest BCUT2D eigenvalue weighted by atomic mass is 10.1. The molecule has 0 amide bonds. The first-order valence-electron chi connectivity index (χ1n) is 4.55. The van der Waals surface area contributed by atoms with Crippen LogP contribution in [0.5, 0.6) is 0 Å². The number of hydrogen-bond acceptors (Lipinski definition) is 5. The van der Waals surface area contributed by atoms with Gasteiger partial charge in [-0.2, -0.15) is 0 Å². The molecule has 9 heteroatoms. The van der Waals surface area contributed by atoms with E-state index in [-0.39, 0.29) is 10.0 Å². The summed E-state index contributed by atoms with van der Waals surface area (Å²) in [6.45, 7) is 0. The monoisotopic (exact) mass is 324 g/mol. The summed E-state index contributed by atoms with van der Waals surface area (Å²) < 4.78 is 29.5. The fraction of sp³-hybridized carbons (Fsp3) is 0.333. The summed E-state index contributed by atoms with van der Waals surface area (Å²) in [7, 11) is 1.09. The second kappa shape index (κ2) is 5.80. The normalized spacial score (nSPS) is 10.5. The van der Waals surface area contributed by atoms with Gasteiger partial charge in [-0.3, -0.25) is 14.9 Å². The summed E-state index contributed by atoms with van der Waals surface area (Å²) >= 11 is 2.84. The molecule has 0 radical (unpaired) electrons. The van der Waals surface area contributed by atoms with Crippen molar-refractivity contribution in [1.82, 2.24) is 4.98 Å². The Balaban J connectivity index is 3.35. The van der Waals surface area contributed by atoms with E-state index in [1.165, 1.54) is 0 Å². The quantitative estimate of drug-likeness (QED) is 0.482. The number of methoxy groups -OCH3 is 1. The third kappa shape index (κ3) is 2.97. The number of nitro groups is 1. The lowest BCUT2D eigenvalue weighted by Gasteiger charge is -2.09. The predicted octanol–water partition coefficient (Wildman–Crippen LogP) is 2.41. The van der Waals surface area contributed by atoms with Gasteiger partial charge in [0.1, 0.15) is 16.4 Å². The molecule has 0 fully saturated rings. The standard InChI is InChI=1S/C9H7BrF2N2O4/c1-18-6(15)2-4-7(10)5(14(16)17)3-13-8(4)9(11)12/h3,9H,2H2,1H3. The van der Waals surface area contributed by atoms with E-state index < -0.39 is 35.1 Å². The zero-order valence-corrected chi connectivity index (χ0v) is 10.6. The Labute approximate surface area is 108 Å². The van der Waals surface area contributed by atoms with Crippen molar-refractivity contribution in [2.24, 2.45) is 0 Å². The predicted molar refractivity (Wildman–Crippen MR) is 59.3 cm³/mol. The molecule has 0 N–H and O–H groups in total. The average Bonchev–Trinajstić information content (AvgIpc) is 2.30. The Hall–Kier alpha value is -1.64. The molecule has 0 aromatic carbocycles. The number of carbonyl (C=O) groups is 1. The van der Waals surface area contributed by atoms with Crippen LogP contribution in [0.2, 0.25) is 0 Å². The number of pyridine rings is 1. The topological polar surface area (TPSA) is 82.3 Å². The van der Waals surface area contributed by atoms with E-state index in [0.29, 0.717) is 6.20 Å². The summed E-state index contributed by atoms with van der Waals surface area (Å²) in [6.07, 6.45) is -2.75. The molecule has 98 valence electrons. The SMILES string of the molecule is COC(=O)Cc1c(C(F)F)ncc([N+](=O)[O-])c1Br. The lowest BCUT2D eigenvalue weighted by Crippen LogP contribution is -2.10. The molecule has 0 saturated carbocycles. The summed E-state index contributed by atoms with van der Waals surface area (Å²) in [6, 6.07) is 0. The molecule has 0 aliphatic heterocycles. The largest absolute Gasteiger partial charge is 0.469 e. The Morgan fingerprint density at radius 2 is 2.28 bits per heavy atom. The van der Waals surface area contributed by atoms with Gasteiger partial charge in [0.05, 0.1) is 18.5 Å². The summed E-state index contributed by atoms with van der Waals surface area (Å²) in [5.41, 5.74) is -1.41. The van der Waals surface area contributed by atoms with Crippen molar-refractivity contribution in [2.75, 3.05) is 7.11 Å². The van der Waals surface area contributed by atoms with Crippen LogP contribution >= 0.6 is 15.9 Å². The number of halogens is 3. The van der Waals surface area contributed by atoms with E-state index in [0.717, 1.165) is 7.11 Å². The van der Waals surface area contributed by atoms with Crippen molar-refractivity contribution in [3.63, 3.8) is 0 Å². The smallest absolute Gasteiger partial charge is 0.310 e. The first-order valence-corrected chi connectivity index (χ1v) is 5.34. The summed E-state index contributed by atoms with van der Waals surface area (Å²) in [5.74, 6) is -0.792. The highest BCUT2D eigenvalue weighted by molar-refractivity contribution is 9.10. The minimum absolute atomic E-state index is 0.191. The number of esters is 1. The maximum atomic E-state index is 12.7. The van der Waals surface area contributed by atoms with Gasteiger partial charge in [0.15, 0.2) is 0 Å². The molecule has 0 spiro atoms. The Kier molecular flexibility index (Phi) is 4.65. The molecule has 1 aromatic heterocycles. The molecule has 1 aromatic rings. The van der Waals surface area contributed by atoms with Crippen LogP contribution in [-0.2, 0) is 16.0 Å². The molecule has 0 aliphatic rings. The van der Waals surface area contributed by atoms with E-state index >= 15 is 0 Å². The molecular formula is C9H7BrF2N2O4. The molecule has 0 aliphatic carbocycles. The van der Waals surface area contributed by atoms with Crippen LogP contribution < -0.4 is 0 Å². The molecule has 18 heavy (non-hydrogen) atoms. The van der Waals surface area contributed by atoms with Gasteiger partial charge in [-0.25, -0.2) is 13.8 Å². The Bertz CT molecular complexity index is 496. The Morgan fingerprint density at radius 1 is 1.67 bits per heavy atom. The number of rotatable bonds is 4. The van der Waals surface area contributed by atoms with Crippen molar-refractivity contribution in [3.05, 3.63) is 32.0 Å². The van der Waals surface area contributed by atoms with E-state index in [4.69, 9.17) is 0 Å². The van der Waals surface area contributed by atoms with Gasteiger partial charge < -0.3 is 4.74 Å². The van der Waals surface area contributed by atoms with Crippen LogP contribution in [0, 0.1) is 10.1 Å². The van der Waals surface area contributed by atoms with Gasteiger partial charge >= 0.3 is 11.7 Å². The highest BCUT2D eigenvalue weighted by Gasteiger charge is 2.26. The van der Waals surface area contributed by atoms with Gasteiger partial charge in [0.2, 0.25) is 0 Å². The van der Waals surface area contributed by atoms with E-state index in [2.05, 4.69) is 25.7 Å². The number of aromatic nitrogens is 1. The van der Waals surface area contributed by atoms with Crippen LogP contribution in [0.4, 0.5) is 14.5 Å². The second-order valence-electron chi connectivity index (χ2n) is 3.13. The molecule has 0 unspecified atom stereocenters. The number of alkyl halides is 2. The third-order valence-corrected chi connectivity index (χ3v) is 2.96. The Morgan fingerprint density at radius 3 is 2.72 bits per heavy atom. The zero-order chi connectivity index (χ0) is 13.9. The number of hydrogen-bond donors (Lipinski definition) is 0. The van der Waals surface area contributed by atoms with Crippen LogP contribution in [0.15, 0.2) is 10.7 Å². The second-order valence-corrected chi connectivity index (χ2v) is 3.92. The number of nitrogens with zero attached hydrogens (tertiary/aromatic N) is 2. The van der Waals surface area contributed by atoms with Crippen molar-refractivity contribution >= 4 is 27.6 Å². The molecule has 1 heterocycles. The first-order chi connectivity index (χ1) is 8.38. The first kappa shape index (κ1) is 14.4. The highest BCUT2D eigenvalue weighted by atomic mass is 79.9. The summed E-state index contributed by atoms with van der Waals surface area (Å²) in [5, 5.41) is 10.6. The fourth-order valence-corrected chi connectivity index (χ4v) is 1.82. The fourth-order valence-electron chi connectivity index (χ4n) is 1.23. The van der Waals surface area contributed by atoms with E-state index in [1.807, 2.05) is 0 Å². The van der Waals surface area contributed by atoms with Gasteiger partial charge in [-0.1, -0.05) is 0 Å². The summed E-state index contributed by atoms with van der Waals surface area (Å²) in [4.78, 5) is 24.3. The molecule has 0 bridgehead atoms. The van der Waals surface area contributed by atoms with Crippen LogP contribution in [0.1, 0.15) is 17.7 Å². The van der Waals surface area contributed by atoms with Crippen LogP contribution in [0.25, 0.3) is 0 Å². The van der Waals surface area contributed by atoms with Crippen LogP contribution in [-0.4, -0.2) is 23.0 Å². The molecule has 6 nitrogen and oxygen atoms in total. The van der Waals surface area contributed by atoms with Crippen molar-refractivity contribution in [3.8, 4) is 0 Å². The highest BCUT2D eigenvalue weighted by Crippen LogP contribution is 2.33. The minimum Gasteiger partial charge on any atom is -0.469 e. The lowest BCUT2D eigenvalue weighted by molar-refractivity contribution is -0.386. The average molecular weight is 325 g/mol. The van der Waals surface area contributed by atoms with Gasteiger partial charge in [0.25, 0.3) is 6.43 Å². The number of ether oxygens (including phenoxy) is 1. The van der Waals surface area contributed by atoms with Crippen molar-refractivity contribution < 1.29 is 23.2 Å². The molecule has 1 rings (SSSR count). The molecular weight excluding hydrogens is 318 g/mol. The van der Waals surface area contributed by atoms with Crippen molar-refractivity contribution in [2.45, 2.75) is 12.8 Å². The van der Waals surface area contributed by atoms with Crippen molar-refractivity contribution in [1.29, 1.82) is 0 Å². The van der Waals surface area contributed by atoms with E-state index in [1.54, 1.807) is 0 Å². The van der Waals surface area contributed by atoms with Gasteiger partial charge in [0, 0.05) is 5.56 Å². The van der Waals surface area contributed by atoms with Crippen LogP contribution in [0.3, 0.4) is 0 Å². The third-order valence-electron chi connectivity index (χ3n) is 2.08. The number of carbonyl (C=O) groups excluding carboxylic acids is 1. The maximum Gasteiger partial charge on any atom is 0.310 e. The van der Waals surface area contributed by atoms with Gasteiger partial charge in [-0.05, 0) is 15.9 Å². The minimum atomic E-state index is -2.94. The van der Waals surface area contributed by atoms with E-state index in [9.17, 15) is 23.7 Å². The maximum absolute atomic E-state index is 12.7. The molecule has 0 saturated heterocycles. The van der Waals surface area contributed by atoms with Gasteiger partial charge in [-0.15, -0.1) is 0 Å².